The summed E-state index contributed by atoms with van der Waals surface area (Å²) in [5.41, 5.74) is -0.695. The van der Waals surface area contributed by atoms with E-state index in [1.807, 2.05) is 0 Å². The predicted octanol–water partition coefficient (Wildman–Crippen LogP) is 2.01. The summed E-state index contributed by atoms with van der Waals surface area (Å²) >= 11 is 0. The van der Waals surface area contributed by atoms with Crippen molar-refractivity contribution in [3.05, 3.63) is 23.0 Å². The molecule has 0 fully saturated rings. The number of nitriles is 1. The van der Waals surface area contributed by atoms with Crippen LogP contribution in [0.15, 0.2) is 6.07 Å². The van der Waals surface area contributed by atoms with Crippen molar-refractivity contribution < 1.29 is 23.0 Å². The highest BCUT2D eigenvalue weighted by molar-refractivity contribution is 5.73. The molecule has 1 heterocycles. The van der Waals surface area contributed by atoms with E-state index < -0.39 is 18.1 Å². The maximum absolute atomic E-state index is 12.7. The molecule has 0 atom stereocenters. The summed E-state index contributed by atoms with van der Waals surface area (Å²) in [5.74, 6) is -0.608. The standard InChI is InChI=1S/C12H12F2N2O3/c1-3-19-10(17)5-8-11(18-2)7(6-15)4-9(16-8)12(13)14/h4,12H,3,5H2,1-2H3. The molecule has 1 aromatic heterocycles. The SMILES string of the molecule is CCOC(=O)Cc1nc(C(F)F)cc(C#N)c1OC. The van der Waals surface area contributed by atoms with E-state index in [-0.39, 0.29) is 30.0 Å². The summed E-state index contributed by atoms with van der Waals surface area (Å²) in [5, 5.41) is 8.90. The highest BCUT2D eigenvalue weighted by Gasteiger charge is 2.20. The Labute approximate surface area is 108 Å². The van der Waals surface area contributed by atoms with Gasteiger partial charge in [0.1, 0.15) is 11.8 Å². The lowest BCUT2D eigenvalue weighted by Crippen LogP contribution is -2.12. The number of carbonyl (C=O) groups is 1. The number of alkyl halides is 2. The zero-order valence-electron chi connectivity index (χ0n) is 10.4. The largest absolute Gasteiger partial charge is 0.493 e. The van der Waals surface area contributed by atoms with Crippen LogP contribution in [0.1, 0.15) is 30.3 Å². The van der Waals surface area contributed by atoms with Crippen molar-refractivity contribution in [2.24, 2.45) is 0 Å². The molecule has 1 rings (SSSR count). The molecule has 0 unspecified atom stereocenters. The van der Waals surface area contributed by atoms with E-state index in [1.165, 1.54) is 7.11 Å². The van der Waals surface area contributed by atoms with Gasteiger partial charge in [-0.25, -0.2) is 13.8 Å². The minimum Gasteiger partial charge on any atom is -0.493 e. The van der Waals surface area contributed by atoms with E-state index >= 15 is 0 Å². The van der Waals surface area contributed by atoms with Crippen LogP contribution in [0.3, 0.4) is 0 Å². The second-order valence-corrected chi connectivity index (χ2v) is 3.47. The summed E-state index contributed by atoms with van der Waals surface area (Å²) in [4.78, 5) is 15.0. The monoisotopic (exact) mass is 270 g/mol. The highest BCUT2D eigenvalue weighted by Crippen LogP contribution is 2.27. The smallest absolute Gasteiger partial charge is 0.312 e. The molecule has 0 saturated carbocycles. The van der Waals surface area contributed by atoms with Crippen molar-refractivity contribution in [1.29, 1.82) is 5.26 Å². The van der Waals surface area contributed by atoms with Crippen LogP contribution in [0.4, 0.5) is 8.78 Å². The van der Waals surface area contributed by atoms with E-state index in [2.05, 4.69) is 4.98 Å². The Balaban J connectivity index is 3.23. The number of rotatable bonds is 5. The second-order valence-electron chi connectivity index (χ2n) is 3.47. The fourth-order valence-electron chi connectivity index (χ4n) is 1.50. The first-order chi connectivity index (χ1) is 9.03. The number of ether oxygens (including phenoxy) is 2. The third kappa shape index (κ3) is 3.61. The van der Waals surface area contributed by atoms with E-state index in [9.17, 15) is 13.6 Å². The average molecular weight is 270 g/mol. The second kappa shape index (κ2) is 6.64. The molecule has 0 N–H and O–H groups in total. The first-order valence-electron chi connectivity index (χ1n) is 5.45. The van der Waals surface area contributed by atoms with Gasteiger partial charge in [0.05, 0.1) is 31.4 Å². The van der Waals surface area contributed by atoms with Gasteiger partial charge in [-0.1, -0.05) is 0 Å². The summed E-state index contributed by atoms with van der Waals surface area (Å²) in [6.45, 7) is 1.79. The fourth-order valence-corrected chi connectivity index (χ4v) is 1.50. The molecule has 5 nitrogen and oxygen atoms in total. The summed E-state index contributed by atoms with van der Waals surface area (Å²) < 4.78 is 35.0. The first-order valence-corrected chi connectivity index (χ1v) is 5.45. The van der Waals surface area contributed by atoms with Crippen LogP contribution >= 0.6 is 0 Å². The summed E-state index contributed by atoms with van der Waals surface area (Å²) in [7, 11) is 1.27. The zero-order chi connectivity index (χ0) is 14.4. The number of hydrogen-bond acceptors (Lipinski definition) is 5. The Hall–Kier alpha value is -2.23. The molecule has 102 valence electrons. The number of halogens is 2. The normalized spacial score (nSPS) is 10.1. The number of methoxy groups -OCH3 is 1. The van der Waals surface area contributed by atoms with Crippen LogP contribution in [-0.2, 0) is 16.0 Å². The van der Waals surface area contributed by atoms with E-state index in [4.69, 9.17) is 14.7 Å². The molecule has 19 heavy (non-hydrogen) atoms. The van der Waals surface area contributed by atoms with Gasteiger partial charge >= 0.3 is 5.97 Å². The minimum atomic E-state index is -2.83. The number of hydrogen-bond donors (Lipinski definition) is 0. The highest BCUT2D eigenvalue weighted by atomic mass is 19.3. The van der Waals surface area contributed by atoms with E-state index in [0.717, 1.165) is 6.07 Å². The number of nitrogens with zero attached hydrogens (tertiary/aromatic N) is 2. The van der Waals surface area contributed by atoms with Gasteiger partial charge in [0, 0.05) is 0 Å². The molecule has 0 bridgehead atoms. The molecule has 0 spiro atoms. The van der Waals surface area contributed by atoms with Crippen LogP contribution in [0.2, 0.25) is 0 Å². The lowest BCUT2D eigenvalue weighted by molar-refractivity contribution is -0.142. The van der Waals surface area contributed by atoms with Crippen molar-refractivity contribution >= 4 is 5.97 Å². The molecule has 0 saturated heterocycles. The summed E-state index contributed by atoms with van der Waals surface area (Å²) in [6.07, 6.45) is -3.16. The van der Waals surface area contributed by atoms with Gasteiger partial charge in [-0.3, -0.25) is 4.79 Å². The van der Waals surface area contributed by atoms with Crippen LogP contribution < -0.4 is 4.74 Å². The van der Waals surface area contributed by atoms with Gasteiger partial charge < -0.3 is 9.47 Å². The van der Waals surface area contributed by atoms with Crippen molar-refractivity contribution in [2.45, 2.75) is 19.8 Å². The number of aromatic nitrogens is 1. The van der Waals surface area contributed by atoms with Crippen LogP contribution in [-0.4, -0.2) is 24.7 Å². The van der Waals surface area contributed by atoms with Gasteiger partial charge in [0.25, 0.3) is 6.43 Å². The summed E-state index contributed by atoms with van der Waals surface area (Å²) in [6, 6.07) is 2.68. The van der Waals surface area contributed by atoms with Gasteiger partial charge in [0.15, 0.2) is 5.75 Å². The first kappa shape index (κ1) is 14.8. The fraction of sp³-hybridized carbons (Fsp3) is 0.417. The third-order valence-corrected chi connectivity index (χ3v) is 2.23. The molecule has 0 aliphatic heterocycles. The maximum Gasteiger partial charge on any atom is 0.312 e. The van der Waals surface area contributed by atoms with Gasteiger partial charge in [-0.2, -0.15) is 5.26 Å². The van der Waals surface area contributed by atoms with Gasteiger partial charge in [-0.05, 0) is 13.0 Å². The van der Waals surface area contributed by atoms with E-state index in [0.29, 0.717) is 0 Å². The Bertz CT molecular complexity index is 512. The molecule has 0 aliphatic rings. The molecule has 0 amide bonds. The Kier molecular flexibility index (Phi) is 5.18. The number of esters is 1. The van der Waals surface area contributed by atoms with E-state index in [1.54, 1.807) is 13.0 Å². The lowest BCUT2D eigenvalue weighted by atomic mass is 10.1. The maximum atomic E-state index is 12.7. The van der Waals surface area contributed by atoms with Crippen molar-refractivity contribution in [1.82, 2.24) is 4.98 Å². The quantitative estimate of drug-likeness (QED) is 0.765. The van der Waals surface area contributed by atoms with Crippen LogP contribution in [0.25, 0.3) is 0 Å². The minimum absolute atomic E-state index is 0.0138. The van der Waals surface area contributed by atoms with Crippen molar-refractivity contribution in [3.63, 3.8) is 0 Å². The molecule has 0 aromatic carbocycles. The molecule has 0 radical (unpaired) electrons. The zero-order valence-corrected chi connectivity index (χ0v) is 10.4. The Morgan fingerprint density at radius 1 is 1.58 bits per heavy atom. The molecule has 7 heteroatoms. The number of pyridine rings is 1. The molecule has 1 aromatic rings. The van der Waals surface area contributed by atoms with Crippen LogP contribution in [0, 0.1) is 11.3 Å². The average Bonchev–Trinajstić information content (AvgIpc) is 2.37. The van der Waals surface area contributed by atoms with Gasteiger partial charge in [0.2, 0.25) is 0 Å². The van der Waals surface area contributed by atoms with Gasteiger partial charge in [-0.15, -0.1) is 0 Å². The molecular formula is C12H12F2N2O3. The Morgan fingerprint density at radius 2 is 2.26 bits per heavy atom. The topological polar surface area (TPSA) is 72.2 Å². The Morgan fingerprint density at radius 3 is 2.74 bits per heavy atom. The van der Waals surface area contributed by atoms with Crippen molar-refractivity contribution in [3.8, 4) is 11.8 Å². The molecular weight excluding hydrogens is 258 g/mol. The van der Waals surface area contributed by atoms with Crippen molar-refractivity contribution in [2.75, 3.05) is 13.7 Å². The lowest BCUT2D eigenvalue weighted by Gasteiger charge is -2.11. The predicted molar refractivity (Wildman–Crippen MR) is 60.8 cm³/mol. The number of carbonyl (C=O) groups excluding carboxylic acids is 1. The molecule has 0 aliphatic carbocycles. The van der Waals surface area contributed by atoms with Crippen LogP contribution in [0.5, 0.6) is 5.75 Å². The third-order valence-electron chi connectivity index (χ3n) is 2.23.